The number of rotatable bonds is 0. The first-order valence-electron chi connectivity index (χ1n) is 5.54. The predicted molar refractivity (Wildman–Crippen MR) is 65.0 cm³/mol. The molecule has 0 fully saturated rings. The van der Waals surface area contributed by atoms with Crippen LogP contribution in [0, 0.1) is 0 Å². The summed E-state index contributed by atoms with van der Waals surface area (Å²) in [5.41, 5.74) is 9.04. The van der Waals surface area contributed by atoms with Crippen LogP contribution in [0.3, 0.4) is 0 Å². The Kier molecular flexibility index (Phi) is 2.41. The van der Waals surface area contributed by atoms with E-state index in [4.69, 9.17) is 5.73 Å². The number of carbonyl (C=O) groups is 1. The molecule has 86 valence electrons. The van der Waals surface area contributed by atoms with Crippen molar-refractivity contribution >= 4 is 11.6 Å². The molecule has 0 bridgehead atoms. The van der Waals surface area contributed by atoms with Gasteiger partial charge in [0, 0.05) is 31.1 Å². The van der Waals surface area contributed by atoms with Gasteiger partial charge in [0.2, 0.25) is 5.91 Å². The zero-order valence-corrected chi connectivity index (χ0v) is 10.1. The number of hydrogen-bond donors (Lipinski definition) is 1. The molecule has 2 N–H and O–H groups in total. The summed E-state index contributed by atoms with van der Waals surface area (Å²) in [7, 11) is 0. The highest BCUT2D eigenvalue weighted by Crippen LogP contribution is 2.34. The van der Waals surface area contributed by atoms with Crippen LogP contribution in [0.5, 0.6) is 0 Å². The third kappa shape index (κ3) is 1.77. The molecular weight excluding hydrogens is 200 g/mol. The second-order valence-corrected chi connectivity index (χ2v) is 5.18. The molecule has 3 nitrogen and oxygen atoms in total. The maximum Gasteiger partial charge on any atom is 0.219 e. The van der Waals surface area contributed by atoms with Crippen molar-refractivity contribution in [1.82, 2.24) is 4.90 Å². The van der Waals surface area contributed by atoms with E-state index in [1.165, 1.54) is 11.1 Å². The topological polar surface area (TPSA) is 46.3 Å². The van der Waals surface area contributed by atoms with Crippen molar-refractivity contribution in [2.24, 2.45) is 0 Å². The Morgan fingerprint density at radius 3 is 2.75 bits per heavy atom. The summed E-state index contributed by atoms with van der Waals surface area (Å²) in [6, 6.07) is 6.00. The molecule has 0 saturated carbocycles. The summed E-state index contributed by atoms with van der Waals surface area (Å²) in [6.45, 7) is 7.40. The minimum atomic E-state index is 0.00690. The van der Waals surface area contributed by atoms with Crippen molar-refractivity contribution in [3.63, 3.8) is 0 Å². The van der Waals surface area contributed by atoms with Crippen LogP contribution in [-0.4, -0.2) is 17.4 Å². The third-order valence-corrected chi connectivity index (χ3v) is 3.25. The summed E-state index contributed by atoms with van der Waals surface area (Å²) in [5.74, 6) is 0.126. The van der Waals surface area contributed by atoms with Gasteiger partial charge >= 0.3 is 0 Å². The second-order valence-electron chi connectivity index (χ2n) is 5.18. The van der Waals surface area contributed by atoms with Crippen LogP contribution in [0.15, 0.2) is 18.2 Å². The second kappa shape index (κ2) is 3.51. The number of benzene rings is 1. The molecule has 0 aromatic heterocycles. The molecule has 0 saturated heterocycles. The van der Waals surface area contributed by atoms with E-state index in [1.54, 1.807) is 6.92 Å². The van der Waals surface area contributed by atoms with Gasteiger partial charge in [0.15, 0.2) is 0 Å². The van der Waals surface area contributed by atoms with Crippen LogP contribution in [0.2, 0.25) is 0 Å². The van der Waals surface area contributed by atoms with E-state index < -0.39 is 0 Å². The van der Waals surface area contributed by atoms with Crippen molar-refractivity contribution < 1.29 is 4.79 Å². The van der Waals surface area contributed by atoms with E-state index in [9.17, 15) is 4.79 Å². The smallest absolute Gasteiger partial charge is 0.219 e. The van der Waals surface area contributed by atoms with Crippen molar-refractivity contribution in [2.75, 3.05) is 12.3 Å². The molecule has 1 amide bonds. The van der Waals surface area contributed by atoms with Gasteiger partial charge in [0.25, 0.3) is 0 Å². The van der Waals surface area contributed by atoms with Crippen LogP contribution in [-0.2, 0) is 16.8 Å². The summed E-state index contributed by atoms with van der Waals surface area (Å²) in [5, 5.41) is 0. The maximum atomic E-state index is 11.5. The van der Waals surface area contributed by atoms with Gasteiger partial charge < -0.3 is 10.6 Å². The predicted octanol–water partition coefficient (Wildman–Crippen LogP) is 1.91. The average molecular weight is 218 g/mol. The minimum absolute atomic E-state index is 0.00690. The molecule has 2 rings (SSSR count). The Hall–Kier alpha value is -1.51. The molecule has 0 radical (unpaired) electrons. The lowest BCUT2D eigenvalue weighted by molar-refractivity contribution is -0.130. The standard InChI is InChI=1S/C13H18N2O/c1-9(16)15-7-10-6-11(14)4-5-12(10)13(2,3)8-15/h4-6H,7-8,14H2,1-3H3. The highest BCUT2D eigenvalue weighted by Gasteiger charge is 2.32. The summed E-state index contributed by atoms with van der Waals surface area (Å²) in [6.07, 6.45) is 0. The lowest BCUT2D eigenvalue weighted by Gasteiger charge is -2.39. The Morgan fingerprint density at radius 2 is 2.12 bits per heavy atom. The van der Waals surface area contributed by atoms with Crippen molar-refractivity contribution in [3.8, 4) is 0 Å². The number of nitrogen functional groups attached to an aromatic ring is 1. The number of nitrogens with two attached hydrogens (primary N) is 1. The molecule has 1 aliphatic heterocycles. The average Bonchev–Trinajstić information content (AvgIpc) is 2.15. The zero-order valence-electron chi connectivity index (χ0n) is 10.1. The van der Waals surface area contributed by atoms with Crippen molar-refractivity contribution in [1.29, 1.82) is 0 Å². The lowest BCUT2D eigenvalue weighted by Crippen LogP contribution is -2.44. The number of hydrogen-bond acceptors (Lipinski definition) is 2. The molecule has 0 atom stereocenters. The van der Waals surface area contributed by atoms with Gasteiger partial charge in [0.05, 0.1) is 0 Å². The molecule has 1 aromatic rings. The largest absolute Gasteiger partial charge is 0.399 e. The van der Waals surface area contributed by atoms with Gasteiger partial charge in [-0.1, -0.05) is 19.9 Å². The summed E-state index contributed by atoms with van der Waals surface area (Å²) in [4.78, 5) is 13.4. The molecule has 1 aromatic carbocycles. The first-order valence-corrected chi connectivity index (χ1v) is 5.54. The molecule has 0 unspecified atom stereocenters. The van der Waals surface area contributed by atoms with Gasteiger partial charge in [-0.05, 0) is 23.3 Å². The van der Waals surface area contributed by atoms with Gasteiger partial charge in [-0.3, -0.25) is 4.79 Å². The van der Waals surface area contributed by atoms with E-state index in [-0.39, 0.29) is 11.3 Å². The lowest BCUT2D eigenvalue weighted by atomic mass is 9.78. The van der Waals surface area contributed by atoms with Crippen LogP contribution in [0.1, 0.15) is 31.9 Å². The monoisotopic (exact) mass is 218 g/mol. The van der Waals surface area contributed by atoms with Crippen molar-refractivity contribution in [3.05, 3.63) is 29.3 Å². The van der Waals surface area contributed by atoms with E-state index in [1.807, 2.05) is 17.0 Å². The van der Waals surface area contributed by atoms with E-state index in [2.05, 4.69) is 19.9 Å². The molecule has 1 aliphatic rings. The quantitative estimate of drug-likeness (QED) is 0.676. The molecule has 3 heteroatoms. The fourth-order valence-electron chi connectivity index (χ4n) is 2.45. The molecule has 1 heterocycles. The number of amides is 1. The molecule has 0 spiro atoms. The Bertz CT molecular complexity index is 438. The fourth-order valence-corrected chi connectivity index (χ4v) is 2.45. The normalized spacial score (nSPS) is 18.1. The fraction of sp³-hybridized carbons (Fsp3) is 0.462. The van der Waals surface area contributed by atoms with E-state index in [0.717, 1.165) is 12.2 Å². The zero-order chi connectivity index (χ0) is 11.9. The van der Waals surface area contributed by atoms with E-state index >= 15 is 0 Å². The molecular formula is C13H18N2O. The minimum Gasteiger partial charge on any atom is -0.399 e. The van der Waals surface area contributed by atoms with Crippen LogP contribution in [0.25, 0.3) is 0 Å². The highest BCUT2D eigenvalue weighted by atomic mass is 16.2. The van der Waals surface area contributed by atoms with Crippen LogP contribution in [0.4, 0.5) is 5.69 Å². The first kappa shape index (κ1) is 11.0. The van der Waals surface area contributed by atoms with E-state index in [0.29, 0.717) is 6.54 Å². The Balaban J connectivity index is 2.47. The van der Waals surface area contributed by atoms with Gasteiger partial charge in [0.1, 0.15) is 0 Å². The summed E-state index contributed by atoms with van der Waals surface area (Å²) >= 11 is 0. The summed E-state index contributed by atoms with van der Waals surface area (Å²) < 4.78 is 0. The van der Waals surface area contributed by atoms with Crippen molar-refractivity contribution in [2.45, 2.75) is 32.7 Å². The van der Waals surface area contributed by atoms with Crippen LogP contribution < -0.4 is 5.73 Å². The third-order valence-electron chi connectivity index (χ3n) is 3.25. The van der Waals surface area contributed by atoms with Gasteiger partial charge in [-0.15, -0.1) is 0 Å². The number of carbonyl (C=O) groups excluding carboxylic acids is 1. The highest BCUT2D eigenvalue weighted by molar-refractivity contribution is 5.74. The molecule has 0 aliphatic carbocycles. The maximum absolute atomic E-state index is 11.5. The Labute approximate surface area is 96.2 Å². The number of anilines is 1. The van der Waals surface area contributed by atoms with Crippen LogP contribution >= 0.6 is 0 Å². The van der Waals surface area contributed by atoms with Gasteiger partial charge in [-0.25, -0.2) is 0 Å². The number of fused-ring (bicyclic) bond motifs is 1. The number of nitrogens with zero attached hydrogens (tertiary/aromatic N) is 1. The SMILES string of the molecule is CC(=O)N1Cc2cc(N)ccc2C(C)(C)C1. The Morgan fingerprint density at radius 1 is 1.44 bits per heavy atom. The van der Waals surface area contributed by atoms with Gasteiger partial charge in [-0.2, -0.15) is 0 Å². The first-order chi connectivity index (χ1) is 7.40. The molecule has 16 heavy (non-hydrogen) atoms.